The molecule has 1 heterocycles. The van der Waals surface area contributed by atoms with E-state index in [1.807, 2.05) is 12.1 Å². The van der Waals surface area contributed by atoms with Gasteiger partial charge in [0.05, 0.1) is 5.69 Å². The fourth-order valence-electron chi connectivity index (χ4n) is 1.51. The first kappa shape index (κ1) is 12.7. The van der Waals surface area contributed by atoms with Crippen LogP contribution in [-0.2, 0) is 6.54 Å². The van der Waals surface area contributed by atoms with E-state index < -0.39 is 0 Å². The first-order valence-electron chi connectivity index (χ1n) is 5.50. The topological polar surface area (TPSA) is 68.0 Å². The van der Waals surface area contributed by atoms with E-state index in [9.17, 15) is 4.79 Å². The van der Waals surface area contributed by atoms with E-state index in [-0.39, 0.29) is 5.91 Å². The van der Waals surface area contributed by atoms with Gasteiger partial charge in [0.2, 0.25) is 0 Å². The predicted octanol–water partition coefficient (Wildman–Crippen LogP) is 1.29. The number of nitrogens with zero attached hydrogens (tertiary/aromatic N) is 1. The van der Waals surface area contributed by atoms with Crippen molar-refractivity contribution in [3.05, 3.63) is 53.9 Å². The smallest absolute Gasteiger partial charge is 0.255 e. The molecule has 0 saturated carbocycles. The number of hydrogen-bond acceptors (Lipinski definition) is 3. The van der Waals surface area contributed by atoms with Gasteiger partial charge in [-0.2, -0.15) is 0 Å². The number of carbonyl (C=O) groups excluding carboxylic acids is 1. The van der Waals surface area contributed by atoms with Crippen LogP contribution in [0.3, 0.4) is 0 Å². The largest absolute Gasteiger partial charge is 0.326 e. The van der Waals surface area contributed by atoms with Gasteiger partial charge in [0.1, 0.15) is 0 Å². The maximum atomic E-state index is 12.0. The van der Waals surface area contributed by atoms with Gasteiger partial charge in [0, 0.05) is 29.8 Å². The number of benzene rings is 1. The van der Waals surface area contributed by atoms with E-state index in [1.165, 1.54) is 0 Å². The summed E-state index contributed by atoms with van der Waals surface area (Å²) in [7, 11) is 2.54. The van der Waals surface area contributed by atoms with Gasteiger partial charge in [0.25, 0.3) is 5.91 Å². The molecule has 1 amide bonds. The molecule has 1 aromatic heterocycles. The highest BCUT2D eigenvalue weighted by atomic mass is 31.0. The lowest BCUT2D eigenvalue weighted by molar-refractivity contribution is 0.102. The number of aromatic nitrogens is 1. The highest BCUT2D eigenvalue weighted by molar-refractivity contribution is 7.28. The molecule has 3 N–H and O–H groups in total. The minimum atomic E-state index is -0.145. The Hall–Kier alpha value is -1.77. The molecule has 2 rings (SSSR count). The summed E-state index contributed by atoms with van der Waals surface area (Å²) < 4.78 is 0. The molecule has 0 saturated heterocycles. The van der Waals surface area contributed by atoms with Crippen LogP contribution in [0.15, 0.2) is 42.7 Å². The molecular weight excluding hydrogens is 245 g/mol. The molecule has 0 aliphatic rings. The third-order valence-corrected chi connectivity index (χ3v) is 3.01. The number of nitrogens with one attached hydrogen (secondary N) is 1. The van der Waals surface area contributed by atoms with Crippen molar-refractivity contribution in [1.29, 1.82) is 0 Å². The van der Waals surface area contributed by atoms with E-state index in [0.717, 1.165) is 16.6 Å². The Morgan fingerprint density at radius 3 is 2.61 bits per heavy atom. The van der Waals surface area contributed by atoms with E-state index in [2.05, 4.69) is 19.5 Å². The van der Waals surface area contributed by atoms with Gasteiger partial charge in [-0.15, -0.1) is 9.24 Å². The van der Waals surface area contributed by atoms with Gasteiger partial charge in [-0.1, -0.05) is 12.1 Å². The standard InChI is InChI=1S/C13H14N3OP/c14-7-9-1-3-10(4-2-9)13(17)16-11-5-6-15-8-12(11)18/h1-6,8H,7,14,18H2,(H,15,16,17). The van der Waals surface area contributed by atoms with Crippen LogP contribution in [0.1, 0.15) is 15.9 Å². The van der Waals surface area contributed by atoms with E-state index in [1.54, 1.807) is 30.6 Å². The van der Waals surface area contributed by atoms with Crippen molar-refractivity contribution in [2.75, 3.05) is 5.32 Å². The molecule has 18 heavy (non-hydrogen) atoms. The zero-order chi connectivity index (χ0) is 13.0. The molecule has 0 aliphatic carbocycles. The second kappa shape index (κ2) is 5.71. The number of rotatable bonds is 3. The summed E-state index contributed by atoms with van der Waals surface area (Å²) >= 11 is 0. The molecule has 92 valence electrons. The summed E-state index contributed by atoms with van der Waals surface area (Å²) in [4.78, 5) is 16.0. The normalized spacial score (nSPS) is 10.1. The average Bonchev–Trinajstić information content (AvgIpc) is 2.41. The van der Waals surface area contributed by atoms with Crippen LogP contribution in [0.4, 0.5) is 5.69 Å². The molecule has 2 aromatic rings. The first-order chi connectivity index (χ1) is 8.70. The fourth-order valence-corrected chi connectivity index (χ4v) is 1.76. The molecule has 0 radical (unpaired) electrons. The van der Waals surface area contributed by atoms with Crippen molar-refractivity contribution in [3.63, 3.8) is 0 Å². The lowest BCUT2D eigenvalue weighted by atomic mass is 10.1. The second-order valence-electron chi connectivity index (χ2n) is 3.82. The van der Waals surface area contributed by atoms with Gasteiger partial charge in [-0.05, 0) is 23.8 Å². The number of pyridine rings is 1. The molecule has 0 bridgehead atoms. The fraction of sp³-hybridized carbons (Fsp3) is 0.0769. The first-order valence-corrected chi connectivity index (χ1v) is 6.08. The molecule has 1 atom stereocenters. The van der Waals surface area contributed by atoms with Crippen molar-refractivity contribution < 1.29 is 4.79 Å². The van der Waals surface area contributed by atoms with Crippen LogP contribution >= 0.6 is 9.24 Å². The van der Waals surface area contributed by atoms with Gasteiger partial charge in [-0.3, -0.25) is 9.78 Å². The third-order valence-electron chi connectivity index (χ3n) is 2.55. The Kier molecular flexibility index (Phi) is 4.03. The number of nitrogens with two attached hydrogens (primary N) is 1. The molecule has 0 aliphatic heterocycles. The molecule has 1 aromatic carbocycles. The van der Waals surface area contributed by atoms with Crippen molar-refractivity contribution in [1.82, 2.24) is 4.98 Å². The van der Waals surface area contributed by atoms with Crippen LogP contribution in [0.25, 0.3) is 0 Å². The van der Waals surface area contributed by atoms with E-state index >= 15 is 0 Å². The second-order valence-corrected chi connectivity index (χ2v) is 4.44. The van der Waals surface area contributed by atoms with E-state index in [4.69, 9.17) is 5.73 Å². The molecular formula is C13H14N3OP. The van der Waals surface area contributed by atoms with Crippen molar-refractivity contribution in [2.45, 2.75) is 6.54 Å². The van der Waals surface area contributed by atoms with Gasteiger partial charge < -0.3 is 11.1 Å². The molecule has 4 nitrogen and oxygen atoms in total. The Labute approximate surface area is 108 Å². The predicted molar refractivity (Wildman–Crippen MR) is 75.9 cm³/mol. The van der Waals surface area contributed by atoms with Gasteiger partial charge in [-0.25, -0.2) is 0 Å². The number of anilines is 1. The molecule has 5 heteroatoms. The summed E-state index contributed by atoms with van der Waals surface area (Å²) in [5, 5.41) is 3.68. The lowest BCUT2D eigenvalue weighted by Crippen LogP contribution is -2.16. The summed E-state index contributed by atoms with van der Waals surface area (Å²) in [6.07, 6.45) is 3.32. The Morgan fingerprint density at radius 2 is 2.00 bits per heavy atom. The zero-order valence-corrected chi connectivity index (χ0v) is 10.9. The van der Waals surface area contributed by atoms with Crippen LogP contribution in [-0.4, -0.2) is 10.9 Å². The molecule has 0 spiro atoms. The maximum Gasteiger partial charge on any atom is 0.255 e. The van der Waals surface area contributed by atoms with E-state index in [0.29, 0.717) is 12.1 Å². The summed E-state index contributed by atoms with van der Waals surface area (Å²) in [6, 6.07) is 8.99. The SMILES string of the molecule is NCc1ccc(C(=O)Nc2ccncc2P)cc1. The number of carbonyl (C=O) groups is 1. The Bertz CT molecular complexity index is 554. The Morgan fingerprint density at radius 1 is 1.28 bits per heavy atom. The lowest BCUT2D eigenvalue weighted by Gasteiger charge is -2.07. The maximum absolute atomic E-state index is 12.0. The van der Waals surface area contributed by atoms with Crippen molar-refractivity contribution >= 4 is 26.1 Å². The molecule has 0 fully saturated rings. The average molecular weight is 259 g/mol. The van der Waals surface area contributed by atoms with Gasteiger partial charge >= 0.3 is 0 Å². The molecule has 1 unspecified atom stereocenters. The highest BCUT2D eigenvalue weighted by Crippen LogP contribution is 2.09. The van der Waals surface area contributed by atoms with Crippen molar-refractivity contribution in [3.8, 4) is 0 Å². The minimum absolute atomic E-state index is 0.145. The summed E-state index contributed by atoms with van der Waals surface area (Å²) in [5.74, 6) is -0.145. The third kappa shape index (κ3) is 2.92. The van der Waals surface area contributed by atoms with Crippen molar-refractivity contribution in [2.24, 2.45) is 5.73 Å². The Balaban J connectivity index is 2.14. The van der Waals surface area contributed by atoms with Gasteiger partial charge in [0.15, 0.2) is 0 Å². The van der Waals surface area contributed by atoms with Crippen LogP contribution in [0.2, 0.25) is 0 Å². The zero-order valence-electron chi connectivity index (χ0n) is 9.76. The van der Waals surface area contributed by atoms with Crippen LogP contribution < -0.4 is 16.4 Å². The minimum Gasteiger partial charge on any atom is -0.326 e. The summed E-state index contributed by atoms with van der Waals surface area (Å²) in [6.45, 7) is 0.474. The quantitative estimate of drug-likeness (QED) is 0.816. The number of amides is 1. The van der Waals surface area contributed by atoms with Crippen LogP contribution in [0.5, 0.6) is 0 Å². The van der Waals surface area contributed by atoms with Crippen LogP contribution in [0, 0.1) is 0 Å². The summed E-state index contributed by atoms with van der Waals surface area (Å²) in [5.41, 5.74) is 7.86. The highest BCUT2D eigenvalue weighted by Gasteiger charge is 2.07. The monoisotopic (exact) mass is 259 g/mol. The number of hydrogen-bond donors (Lipinski definition) is 2.